The van der Waals surface area contributed by atoms with Crippen LogP contribution < -0.4 is 5.32 Å². The van der Waals surface area contributed by atoms with Crippen LogP contribution >= 0.6 is 0 Å². The zero-order valence-corrected chi connectivity index (χ0v) is 10.3. The number of ether oxygens (including phenoxy) is 1. The molecule has 1 saturated heterocycles. The van der Waals surface area contributed by atoms with Crippen LogP contribution in [0.25, 0.3) is 0 Å². The highest BCUT2D eigenvalue weighted by Gasteiger charge is 2.26. The van der Waals surface area contributed by atoms with Crippen LogP contribution in [-0.2, 0) is 14.3 Å². The number of rotatable bonds is 5. The lowest BCUT2D eigenvalue weighted by Gasteiger charge is -2.28. The van der Waals surface area contributed by atoms with E-state index in [2.05, 4.69) is 5.32 Å². The Bertz CT molecular complexity index is 277. The van der Waals surface area contributed by atoms with E-state index in [9.17, 15) is 9.59 Å². The van der Waals surface area contributed by atoms with Crippen LogP contribution in [0.4, 0.5) is 0 Å². The predicted molar refractivity (Wildman–Crippen MR) is 61.7 cm³/mol. The standard InChI is InChI=1S/C11H20N2O4/c1-3-9(11(15)16)13(2)10(14)6-8-7-17-5-4-12-8/h8-9,12H,3-7H2,1-2H3,(H,15,16). The van der Waals surface area contributed by atoms with Crippen molar-refractivity contribution in [3.8, 4) is 0 Å². The maximum absolute atomic E-state index is 11.9. The molecule has 6 nitrogen and oxygen atoms in total. The van der Waals surface area contributed by atoms with E-state index in [1.54, 1.807) is 6.92 Å². The third kappa shape index (κ3) is 3.98. The molecule has 0 aliphatic carbocycles. The molecule has 2 atom stereocenters. The van der Waals surface area contributed by atoms with E-state index in [-0.39, 0.29) is 18.4 Å². The first kappa shape index (κ1) is 13.9. The fourth-order valence-corrected chi connectivity index (χ4v) is 1.89. The van der Waals surface area contributed by atoms with Crippen molar-refractivity contribution < 1.29 is 19.4 Å². The van der Waals surface area contributed by atoms with Gasteiger partial charge in [-0.15, -0.1) is 0 Å². The fourth-order valence-electron chi connectivity index (χ4n) is 1.89. The Kier molecular flexibility index (Phi) is 5.37. The monoisotopic (exact) mass is 244 g/mol. The maximum Gasteiger partial charge on any atom is 0.326 e. The Morgan fingerprint density at radius 2 is 2.29 bits per heavy atom. The van der Waals surface area contributed by atoms with Crippen molar-refractivity contribution >= 4 is 11.9 Å². The number of aliphatic carboxylic acids is 1. The summed E-state index contributed by atoms with van der Waals surface area (Å²) in [4.78, 5) is 24.1. The summed E-state index contributed by atoms with van der Waals surface area (Å²) in [7, 11) is 1.54. The van der Waals surface area contributed by atoms with Gasteiger partial charge in [-0.1, -0.05) is 6.92 Å². The van der Waals surface area contributed by atoms with Crippen LogP contribution in [0, 0.1) is 0 Å². The quantitative estimate of drug-likeness (QED) is 0.693. The number of amides is 1. The normalized spacial score (nSPS) is 21.9. The van der Waals surface area contributed by atoms with Crippen LogP contribution in [0.2, 0.25) is 0 Å². The Morgan fingerprint density at radius 3 is 2.76 bits per heavy atom. The third-order valence-corrected chi connectivity index (χ3v) is 2.95. The van der Waals surface area contributed by atoms with Gasteiger partial charge in [0.2, 0.25) is 5.91 Å². The van der Waals surface area contributed by atoms with Gasteiger partial charge < -0.3 is 20.1 Å². The van der Waals surface area contributed by atoms with Crippen LogP contribution in [0.3, 0.4) is 0 Å². The van der Waals surface area contributed by atoms with Gasteiger partial charge in [-0.2, -0.15) is 0 Å². The van der Waals surface area contributed by atoms with Crippen molar-refractivity contribution in [2.45, 2.75) is 31.8 Å². The highest BCUT2D eigenvalue weighted by Crippen LogP contribution is 2.07. The maximum atomic E-state index is 11.9. The average Bonchev–Trinajstić information content (AvgIpc) is 2.30. The van der Waals surface area contributed by atoms with E-state index in [4.69, 9.17) is 9.84 Å². The minimum atomic E-state index is -0.962. The second-order valence-electron chi connectivity index (χ2n) is 4.20. The molecule has 1 aliphatic rings. The molecule has 0 aromatic rings. The molecule has 2 unspecified atom stereocenters. The van der Waals surface area contributed by atoms with Gasteiger partial charge in [0.05, 0.1) is 13.2 Å². The van der Waals surface area contributed by atoms with Crippen LogP contribution in [-0.4, -0.2) is 60.8 Å². The van der Waals surface area contributed by atoms with Gasteiger partial charge in [-0.05, 0) is 6.42 Å². The molecule has 2 N–H and O–H groups in total. The Morgan fingerprint density at radius 1 is 1.59 bits per heavy atom. The van der Waals surface area contributed by atoms with Gasteiger partial charge in [0.25, 0.3) is 0 Å². The molecule has 98 valence electrons. The third-order valence-electron chi connectivity index (χ3n) is 2.95. The van der Waals surface area contributed by atoms with E-state index >= 15 is 0 Å². The zero-order valence-electron chi connectivity index (χ0n) is 10.3. The van der Waals surface area contributed by atoms with E-state index in [0.717, 1.165) is 6.54 Å². The van der Waals surface area contributed by atoms with Crippen LogP contribution in [0.15, 0.2) is 0 Å². The first-order valence-electron chi connectivity index (χ1n) is 5.85. The lowest BCUT2D eigenvalue weighted by Crippen LogP contribution is -2.47. The summed E-state index contributed by atoms with van der Waals surface area (Å²) < 4.78 is 5.25. The van der Waals surface area contributed by atoms with E-state index < -0.39 is 12.0 Å². The number of hydrogen-bond acceptors (Lipinski definition) is 4. The molecule has 0 saturated carbocycles. The molecule has 6 heteroatoms. The second-order valence-corrected chi connectivity index (χ2v) is 4.20. The van der Waals surface area contributed by atoms with Crippen molar-refractivity contribution in [1.29, 1.82) is 0 Å². The largest absolute Gasteiger partial charge is 0.480 e. The van der Waals surface area contributed by atoms with Crippen molar-refractivity contribution in [2.24, 2.45) is 0 Å². The lowest BCUT2D eigenvalue weighted by atomic mass is 10.1. The summed E-state index contributed by atoms with van der Waals surface area (Å²) in [6.07, 6.45) is 0.687. The molecule has 1 amide bonds. The molecule has 0 aromatic carbocycles. The summed E-state index contributed by atoms with van der Waals surface area (Å²) >= 11 is 0. The van der Waals surface area contributed by atoms with Gasteiger partial charge in [0.1, 0.15) is 6.04 Å². The lowest BCUT2D eigenvalue weighted by molar-refractivity contribution is -0.149. The van der Waals surface area contributed by atoms with Gasteiger partial charge in [0, 0.05) is 26.1 Å². The number of carbonyl (C=O) groups is 2. The number of carbonyl (C=O) groups excluding carboxylic acids is 1. The minimum absolute atomic E-state index is 0.00926. The molecule has 1 fully saturated rings. The molecule has 0 radical (unpaired) electrons. The van der Waals surface area contributed by atoms with Crippen molar-refractivity contribution in [3.05, 3.63) is 0 Å². The summed E-state index contributed by atoms with van der Waals surface area (Å²) in [5, 5.41) is 12.1. The molecule has 1 aliphatic heterocycles. The Labute approximate surface area is 101 Å². The molecule has 1 rings (SSSR count). The van der Waals surface area contributed by atoms with Gasteiger partial charge in [-0.25, -0.2) is 4.79 Å². The number of hydrogen-bond donors (Lipinski definition) is 2. The van der Waals surface area contributed by atoms with E-state index in [1.807, 2.05) is 0 Å². The Hall–Kier alpha value is -1.14. The minimum Gasteiger partial charge on any atom is -0.480 e. The van der Waals surface area contributed by atoms with E-state index in [1.165, 1.54) is 11.9 Å². The number of nitrogens with zero attached hydrogens (tertiary/aromatic N) is 1. The molecule has 1 heterocycles. The van der Waals surface area contributed by atoms with Gasteiger partial charge in [0.15, 0.2) is 0 Å². The summed E-state index contributed by atoms with van der Waals surface area (Å²) in [5.74, 6) is -1.13. The molecule has 0 bridgehead atoms. The molecule has 0 aromatic heterocycles. The SMILES string of the molecule is CCC(C(=O)O)N(C)C(=O)CC1COCCN1. The van der Waals surface area contributed by atoms with Crippen LogP contribution in [0.5, 0.6) is 0 Å². The number of carboxylic acid groups (broad SMARTS) is 1. The molecular weight excluding hydrogens is 224 g/mol. The Balaban J connectivity index is 2.47. The predicted octanol–water partition coefficient (Wildman–Crippen LogP) is -0.313. The zero-order chi connectivity index (χ0) is 12.8. The second kappa shape index (κ2) is 6.56. The average molecular weight is 244 g/mol. The highest BCUT2D eigenvalue weighted by atomic mass is 16.5. The van der Waals surface area contributed by atoms with Crippen molar-refractivity contribution in [3.63, 3.8) is 0 Å². The summed E-state index contributed by atoms with van der Waals surface area (Å²) in [6, 6.07) is -0.753. The summed E-state index contributed by atoms with van der Waals surface area (Å²) in [5.41, 5.74) is 0. The van der Waals surface area contributed by atoms with Gasteiger partial charge >= 0.3 is 5.97 Å². The molecule has 17 heavy (non-hydrogen) atoms. The smallest absolute Gasteiger partial charge is 0.326 e. The van der Waals surface area contributed by atoms with Crippen molar-refractivity contribution in [1.82, 2.24) is 10.2 Å². The highest BCUT2D eigenvalue weighted by molar-refractivity contribution is 5.83. The molecule has 0 spiro atoms. The van der Waals surface area contributed by atoms with Crippen molar-refractivity contribution in [2.75, 3.05) is 26.8 Å². The van der Waals surface area contributed by atoms with Gasteiger partial charge in [-0.3, -0.25) is 4.79 Å². The van der Waals surface area contributed by atoms with E-state index in [0.29, 0.717) is 19.6 Å². The summed E-state index contributed by atoms with van der Waals surface area (Å²) in [6.45, 7) is 3.65. The first-order chi connectivity index (χ1) is 8.06. The number of nitrogens with one attached hydrogen (secondary N) is 1. The number of likely N-dealkylation sites (N-methyl/N-ethyl adjacent to an activating group) is 1. The first-order valence-corrected chi connectivity index (χ1v) is 5.85. The fraction of sp³-hybridized carbons (Fsp3) is 0.818. The number of morpholine rings is 1. The van der Waals surface area contributed by atoms with Crippen LogP contribution in [0.1, 0.15) is 19.8 Å². The topological polar surface area (TPSA) is 78.9 Å². The number of carboxylic acids is 1. The molecular formula is C11H20N2O4.